The predicted molar refractivity (Wildman–Crippen MR) is 68.0 cm³/mol. The van der Waals surface area contributed by atoms with Crippen molar-refractivity contribution in [2.75, 3.05) is 7.11 Å². The maximum Gasteiger partial charge on any atom is 0.118 e. The van der Waals surface area contributed by atoms with Crippen molar-refractivity contribution in [2.45, 2.75) is 18.8 Å². The smallest absolute Gasteiger partial charge is 0.118 e. The molecule has 92 valence electrons. The zero-order valence-electron chi connectivity index (χ0n) is 10.0. The van der Waals surface area contributed by atoms with Gasteiger partial charge in [0.1, 0.15) is 18.0 Å². The Morgan fingerprint density at radius 2 is 1.88 bits per heavy atom. The Morgan fingerprint density at radius 3 is 2.35 bits per heavy atom. The zero-order chi connectivity index (χ0) is 12.7. The molecule has 3 heteroatoms. The minimum Gasteiger partial charge on any atom is -0.497 e. The Balaban J connectivity index is 2.53. The molecule has 0 aliphatic carbocycles. The lowest BCUT2D eigenvalue weighted by molar-refractivity contribution is 0.00225. The Kier molecular flexibility index (Phi) is 5.46. The van der Waals surface area contributed by atoms with E-state index in [0.29, 0.717) is 6.61 Å². The second-order valence-corrected chi connectivity index (χ2v) is 3.59. The van der Waals surface area contributed by atoms with Crippen LogP contribution in [0.15, 0.2) is 49.6 Å². The number of benzene rings is 1. The molecule has 1 aromatic rings. The summed E-state index contributed by atoms with van der Waals surface area (Å²) in [4.78, 5) is 0. The largest absolute Gasteiger partial charge is 0.497 e. The monoisotopic (exact) mass is 234 g/mol. The maximum atomic E-state index is 9.54. The predicted octanol–water partition coefficient (Wildman–Crippen LogP) is 2.31. The molecule has 0 radical (unpaired) electrons. The molecule has 0 saturated carbocycles. The molecule has 0 saturated heterocycles. The van der Waals surface area contributed by atoms with Gasteiger partial charge in [0.15, 0.2) is 0 Å². The molecule has 3 nitrogen and oxygen atoms in total. The molecule has 0 aliphatic rings. The van der Waals surface area contributed by atoms with Gasteiger partial charge in [-0.25, -0.2) is 0 Å². The lowest BCUT2D eigenvalue weighted by atomic mass is 10.2. The summed E-state index contributed by atoms with van der Waals surface area (Å²) in [5.41, 5.74) is 1.01. The summed E-state index contributed by atoms with van der Waals surface area (Å²) < 4.78 is 10.6. The summed E-state index contributed by atoms with van der Waals surface area (Å²) in [6, 6.07) is 7.57. The van der Waals surface area contributed by atoms with Gasteiger partial charge in [0.25, 0.3) is 0 Å². The van der Waals surface area contributed by atoms with E-state index in [1.165, 1.54) is 6.08 Å². The third-order valence-electron chi connectivity index (χ3n) is 2.41. The molecule has 0 spiro atoms. The highest BCUT2D eigenvalue weighted by molar-refractivity contribution is 5.26. The molecule has 0 unspecified atom stereocenters. The number of rotatable bonds is 7. The maximum absolute atomic E-state index is 9.54. The molecule has 1 N–H and O–H groups in total. The highest BCUT2D eigenvalue weighted by atomic mass is 16.5. The van der Waals surface area contributed by atoms with E-state index < -0.39 is 12.2 Å². The highest BCUT2D eigenvalue weighted by Gasteiger charge is 2.12. The first-order valence-electron chi connectivity index (χ1n) is 5.39. The third-order valence-corrected chi connectivity index (χ3v) is 2.41. The highest BCUT2D eigenvalue weighted by Crippen LogP contribution is 2.13. The Morgan fingerprint density at radius 1 is 1.24 bits per heavy atom. The van der Waals surface area contributed by atoms with Crippen LogP contribution >= 0.6 is 0 Å². The first-order valence-corrected chi connectivity index (χ1v) is 5.39. The summed E-state index contributed by atoms with van der Waals surface area (Å²) in [6.45, 7) is 7.54. The SMILES string of the molecule is C=C[C@@H](O)[C@@H](C=C)OCc1ccc(OC)cc1. The number of hydrogen-bond acceptors (Lipinski definition) is 3. The molecule has 0 amide bonds. The van der Waals surface area contributed by atoms with Crippen molar-refractivity contribution in [3.63, 3.8) is 0 Å². The van der Waals surface area contributed by atoms with Gasteiger partial charge in [-0.15, -0.1) is 13.2 Å². The molecular formula is C14H18O3. The minimum absolute atomic E-state index is 0.408. The minimum atomic E-state index is -0.731. The molecule has 2 atom stereocenters. The van der Waals surface area contributed by atoms with E-state index in [0.717, 1.165) is 11.3 Å². The molecule has 0 aromatic heterocycles. The van der Waals surface area contributed by atoms with E-state index in [9.17, 15) is 5.11 Å². The summed E-state index contributed by atoms with van der Waals surface area (Å²) in [5.74, 6) is 0.806. The Hall–Kier alpha value is -1.58. The van der Waals surface area contributed by atoms with Crippen molar-refractivity contribution in [2.24, 2.45) is 0 Å². The van der Waals surface area contributed by atoms with Gasteiger partial charge in [-0.05, 0) is 17.7 Å². The van der Waals surface area contributed by atoms with Gasteiger partial charge in [0.2, 0.25) is 0 Å². The van der Waals surface area contributed by atoms with Crippen LogP contribution in [0.2, 0.25) is 0 Å². The molecular weight excluding hydrogens is 216 g/mol. The van der Waals surface area contributed by atoms with Crippen molar-refractivity contribution >= 4 is 0 Å². The first kappa shape index (κ1) is 13.5. The van der Waals surface area contributed by atoms with E-state index in [4.69, 9.17) is 9.47 Å². The number of aliphatic hydroxyl groups is 1. The van der Waals surface area contributed by atoms with Crippen LogP contribution < -0.4 is 4.74 Å². The standard InChI is InChI=1S/C14H18O3/c1-4-13(15)14(5-2)17-10-11-6-8-12(16-3)9-7-11/h4-9,13-15H,1-2,10H2,3H3/t13-,14-/m1/s1. The number of methoxy groups -OCH3 is 1. The third kappa shape index (κ3) is 4.06. The molecule has 0 heterocycles. The molecule has 0 bridgehead atoms. The lowest BCUT2D eigenvalue weighted by Crippen LogP contribution is -2.24. The van der Waals surface area contributed by atoms with Gasteiger partial charge in [0, 0.05) is 0 Å². The average Bonchev–Trinajstić information content (AvgIpc) is 2.39. The molecule has 17 heavy (non-hydrogen) atoms. The molecule has 1 aromatic carbocycles. The fraction of sp³-hybridized carbons (Fsp3) is 0.286. The van der Waals surface area contributed by atoms with Gasteiger partial charge < -0.3 is 14.6 Å². The number of ether oxygens (including phenoxy) is 2. The van der Waals surface area contributed by atoms with Crippen LogP contribution in [0.5, 0.6) is 5.75 Å². The van der Waals surface area contributed by atoms with E-state index in [1.807, 2.05) is 24.3 Å². The van der Waals surface area contributed by atoms with E-state index in [-0.39, 0.29) is 0 Å². The van der Waals surface area contributed by atoms with E-state index >= 15 is 0 Å². The fourth-order valence-electron chi connectivity index (χ4n) is 1.35. The van der Waals surface area contributed by atoms with Crippen LogP contribution in [0.1, 0.15) is 5.56 Å². The van der Waals surface area contributed by atoms with Crippen LogP contribution in [0.3, 0.4) is 0 Å². The molecule has 1 rings (SSSR count). The van der Waals surface area contributed by atoms with Crippen molar-refractivity contribution in [3.8, 4) is 5.75 Å². The second-order valence-electron chi connectivity index (χ2n) is 3.59. The Bertz CT molecular complexity index is 356. The van der Waals surface area contributed by atoms with E-state index in [1.54, 1.807) is 13.2 Å². The summed E-state index contributed by atoms with van der Waals surface area (Å²) in [7, 11) is 1.62. The van der Waals surface area contributed by atoms with Crippen molar-refractivity contribution in [1.82, 2.24) is 0 Å². The van der Waals surface area contributed by atoms with Gasteiger partial charge >= 0.3 is 0 Å². The van der Waals surface area contributed by atoms with Crippen molar-refractivity contribution in [3.05, 3.63) is 55.1 Å². The summed E-state index contributed by atoms with van der Waals surface area (Å²) in [6.07, 6.45) is 1.83. The number of hydrogen-bond donors (Lipinski definition) is 1. The van der Waals surface area contributed by atoms with Gasteiger partial charge in [-0.2, -0.15) is 0 Å². The van der Waals surface area contributed by atoms with Crippen LogP contribution in [0.4, 0.5) is 0 Å². The summed E-state index contributed by atoms with van der Waals surface area (Å²) in [5, 5.41) is 9.54. The van der Waals surface area contributed by atoms with E-state index in [2.05, 4.69) is 13.2 Å². The second kappa shape index (κ2) is 6.89. The number of aliphatic hydroxyl groups excluding tert-OH is 1. The lowest BCUT2D eigenvalue weighted by Gasteiger charge is -2.17. The van der Waals surface area contributed by atoms with Gasteiger partial charge in [-0.3, -0.25) is 0 Å². The van der Waals surface area contributed by atoms with Crippen LogP contribution in [-0.4, -0.2) is 24.4 Å². The summed E-state index contributed by atoms with van der Waals surface area (Å²) >= 11 is 0. The van der Waals surface area contributed by atoms with Crippen molar-refractivity contribution < 1.29 is 14.6 Å². The van der Waals surface area contributed by atoms with Crippen LogP contribution in [0, 0.1) is 0 Å². The molecule has 0 fully saturated rings. The Labute approximate surface area is 102 Å². The normalized spacial score (nSPS) is 13.8. The van der Waals surface area contributed by atoms with Gasteiger partial charge in [-0.1, -0.05) is 24.3 Å². The topological polar surface area (TPSA) is 38.7 Å². The molecule has 0 aliphatic heterocycles. The quantitative estimate of drug-likeness (QED) is 0.736. The van der Waals surface area contributed by atoms with Crippen molar-refractivity contribution in [1.29, 1.82) is 0 Å². The zero-order valence-corrected chi connectivity index (χ0v) is 10.0. The first-order chi connectivity index (χ1) is 8.21. The van der Waals surface area contributed by atoms with Gasteiger partial charge in [0.05, 0.1) is 13.7 Å². The average molecular weight is 234 g/mol. The fourth-order valence-corrected chi connectivity index (χ4v) is 1.35. The van der Waals surface area contributed by atoms with Crippen LogP contribution in [0.25, 0.3) is 0 Å². The van der Waals surface area contributed by atoms with Crippen LogP contribution in [-0.2, 0) is 11.3 Å².